The van der Waals surface area contributed by atoms with E-state index in [-0.39, 0.29) is 17.9 Å². The number of carbonyl (C=O) groups excluding carboxylic acids is 1. The minimum absolute atomic E-state index is 0.0562. The molecule has 2 aliphatic heterocycles. The average molecular weight is 429 g/mol. The molecule has 1 atom stereocenters. The van der Waals surface area contributed by atoms with Crippen LogP contribution in [0.5, 0.6) is 5.75 Å². The van der Waals surface area contributed by atoms with Gasteiger partial charge >= 0.3 is 0 Å². The van der Waals surface area contributed by atoms with Crippen LogP contribution in [0.4, 0.5) is 11.5 Å². The largest absolute Gasteiger partial charge is 0.496 e. The third kappa shape index (κ3) is 3.70. The summed E-state index contributed by atoms with van der Waals surface area (Å²) in [5.74, 6) is 1.96. The highest BCUT2D eigenvalue weighted by molar-refractivity contribution is 5.97. The number of para-hydroxylation sites is 2. The van der Waals surface area contributed by atoms with Crippen molar-refractivity contribution in [3.8, 4) is 17.0 Å². The van der Waals surface area contributed by atoms with Crippen LogP contribution in [0.25, 0.3) is 11.3 Å². The molecule has 3 aromatic rings. The Bertz CT molecular complexity index is 1110. The van der Waals surface area contributed by atoms with E-state index < -0.39 is 0 Å². The van der Waals surface area contributed by atoms with Crippen LogP contribution in [0.2, 0.25) is 0 Å². The van der Waals surface area contributed by atoms with Crippen LogP contribution in [0.3, 0.4) is 0 Å². The molecule has 0 spiro atoms. The van der Waals surface area contributed by atoms with Crippen molar-refractivity contribution >= 4 is 17.4 Å². The Morgan fingerprint density at radius 1 is 0.969 bits per heavy atom. The third-order valence-corrected chi connectivity index (χ3v) is 6.65. The number of hydrogen-bond acceptors (Lipinski definition) is 5. The number of rotatable bonds is 4. The van der Waals surface area contributed by atoms with E-state index >= 15 is 0 Å². The Hall–Kier alpha value is -3.41. The predicted molar refractivity (Wildman–Crippen MR) is 126 cm³/mol. The van der Waals surface area contributed by atoms with Crippen molar-refractivity contribution in [2.75, 3.05) is 30.0 Å². The summed E-state index contributed by atoms with van der Waals surface area (Å²) in [5, 5.41) is 8.91. The molecule has 32 heavy (non-hydrogen) atoms. The summed E-state index contributed by atoms with van der Waals surface area (Å²) in [6.07, 6.45) is 2.61. The van der Waals surface area contributed by atoms with Gasteiger partial charge in [-0.05, 0) is 62.1 Å². The number of nitrogens with zero attached hydrogens (tertiary/aromatic N) is 4. The van der Waals surface area contributed by atoms with Crippen LogP contribution in [0.1, 0.15) is 25.3 Å². The normalized spacial score (nSPS) is 18.5. The van der Waals surface area contributed by atoms with Gasteiger partial charge in [0.1, 0.15) is 5.75 Å². The summed E-state index contributed by atoms with van der Waals surface area (Å²) in [6.45, 7) is 3.76. The summed E-state index contributed by atoms with van der Waals surface area (Å²) in [6, 6.07) is 20.3. The lowest BCUT2D eigenvalue weighted by Crippen LogP contribution is -2.45. The second-order valence-corrected chi connectivity index (χ2v) is 8.63. The van der Waals surface area contributed by atoms with Gasteiger partial charge in [-0.1, -0.05) is 30.3 Å². The van der Waals surface area contributed by atoms with E-state index in [9.17, 15) is 4.79 Å². The zero-order valence-electron chi connectivity index (χ0n) is 18.6. The number of hydrogen-bond donors (Lipinski definition) is 0. The summed E-state index contributed by atoms with van der Waals surface area (Å²) >= 11 is 0. The molecule has 0 aliphatic carbocycles. The average Bonchev–Trinajstić information content (AvgIpc) is 3.19. The van der Waals surface area contributed by atoms with E-state index in [1.54, 1.807) is 7.11 Å². The molecule has 0 N–H and O–H groups in total. The smallest absolute Gasteiger partial charge is 0.230 e. The maximum atomic E-state index is 13.3. The Morgan fingerprint density at radius 2 is 1.72 bits per heavy atom. The molecule has 1 saturated heterocycles. The highest BCUT2D eigenvalue weighted by atomic mass is 16.5. The highest BCUT2D eigenvalue weighted by Gasteiger charge is 2.36. The Balaban J connectivity index is 1.25. The fraction of sp³-hybridized carbons (Fsp3) is 0.346. The number of piperidine rings is 1. The SMILES string of the molecule is COc1ccccc1-c1ccc(N2CCC(C(=O)N3c4ccccc4CC3C)CC2)nn1. The second kappa shape index (κ2) is 8.61. The van der Waals surface area contributed by atoms with Gasteiger partial charge in [0.2, 0.25) is 5.91 Å². The molecule has 1 unspecified atom stereocenters. The van der Waals surface area contributed by atoms with Gasteiger partial charge in [-0.15, -0.1) is 10.2 Å². The third-order valence-electron chi connectivity index (χ3n) is 6.65. The minimum atomic E-state index is 0.0562. The van der Waals surface area contributed by atoms with Crippen LogP contribution in [-0.4, -0.2) is 42.3 Å². The van der Waals surface area contributed by atoms with Gasteiger partial charge in [-0.2, -0.15) is 0 Å². The molecule has 3 heterocycles. The zero-order chi connectivity index (χ0) is 22.1. The Kier molecular flexibility index (Phi) is 5.52. The zero-order valence-corrected chi connectivity index (χ0v) is 18.6. The molecule has 6 nitrogen and oxygen atoms in total. The molecular formula is C26H28N4O2. The van der Waals surface area contributed by atoms with Gasteiger partial charge in [0.15, 0.2) is 5.82 Å². The number of carbonyl (C=O) groups is 1. The fourth-order valence-electron chi connectivity index (χ4n) is 4.95. The Labute approximate surface area is 188 Å². The van der Waals surface area contributed by atoms with Crippen LogP contribution >= 0.6 is 0 Å². The number of ether oxygens (including phenoxy) is 1. The summed E-state index contributed by atoms with van der Waals surface area (Å²) in [7, 11) is 1.66. The van der Waals surface area contributed by atoms with Crippen LogP contribution in [-0.2, 0) is 11.2 Å². The standard InChI is InChI=1S/C26H28N4O2/c1-18-17-20-7-3-5-9-23(20)30(18)26(31)19-13-15-29(16-14-19)25-12-11-22(27-28-25)21-8-4-6-10-24(21)32-2/h3-12,18-19H,13-17H2,1-2H3. The van der Waals surface area contributed by atoms with Gasteiger partial charge < -0.3 is 14.5 Å². The van der Waals surface area contributed by atoms with Crippen molar-refractivity contribution in [3.05, 3.63) is 66.2 Å². The van der Waals surface area contributed by atoms with Crippen LogP contribution in [0, 0.1) is 5.92 Å². The second-order valence-electron chi connectivity index (χ2n) is 8.63. The molecule has 2 aliphatic rings. The quantitative estimate of drug-likeness (QED) is 0.619. The first-order valence-electron chi connectivity index (χ1n) is 11.3. The van der Waals surface area contributed by atoms with E-state index in [1.165, 1.54) is 5.56 Å². The monoisotopic (exact) mass is 428 g/mol. The molecule has 6 heteroatoms. The maximum Gasteiger partial charge on any atom is 0.230 e. The number of aromatic nitrogens is 2. The highest BCUT2D eigenvalue weighted by Crippen LogP contribution is 2.35. The molecule has 1 amide bonds. The lowest BCUT2D eigenvalue weighted by atomic mass is 9.94. The molecule has 5 rings (SSSR count). The molecule has 1 fully saturated rings. The number of fused-ring (bicyclic) bond motifs is 1. The van der Waals surface area contributed by atoms with Crippen molar-refractivity contribution in [1.29, 1.82) is 0 Å². The molecule has 0 saturated carbocycles. The number of amides is 1. The molecule has 0 radical (unpaired) electrons. The van der Waals surface area contributed by atoms with E-state index in [2.05, 4.69) is 40.2 Å². The molecule has 0 bridgehead atoms. The van der Waals surface area contributed by atoms with Gasteiger partial charge in [0, 0.05) is 36.3 Å². The van der Waals surface area contributed by atoms with E-state index in [1.807, 2.05) is 47.4 Å². The van der Waals surface area contributed by atoms with Crippen molar-refractivity contribution in [2.24, 2.45) is 5.92 Å². The maximum absolute atomic E-state index is 13.3. The lowest BCUT2D eigenvalue weighted by molar-refractivity contribution is -0.123. The molecule has 1 aromatic heterocycles. The number of benzene rings is 2. The van der Waals surface area contributed by atoms with Gasteiger partial charge in [0.25, 0.3) is 0 Å². The summed E-state index contributed by atoms with van der Waals surface area (Å²) < 4.78 is 5.44. The van der Waals surface area contributed by atoms with Crippen LogP contribution < -0.4 is 14.5 Å². The van der Waals surface area contributed by atoms with E-state index in [0.29, 0.717) is 0 Å². The first-order chi connectivity index (χ1) is 15.7. The predicted octanol–water partition coefficient (Wildman–Crippen LogP) is 4.35. The Morgan fingerprint density at radius 3 is 2.47 bits per heavy atom. The van der Waals surface area contributed by atoms with Gasteiger partial charge in [-0.3, -0.25) is 4.79 Å². The van der Waals surface area contributed by atoms with Crippen molar-refractivity contribution < 1.29 is 9.53 Å². The van der Waals surface area contributed by atoms with Crippen molar-refractivity contribution in [3.63, 3.8) is 0 Å². The van der Waals surface area contributed by atoms with Crippen LogP contribution in [0.15, 0.2) is 60.7 Å². The minimum Gasteiger partial charge on any atom is -0.496 e. The number of anilines is 2. The van der Waals surface area contributed by atoms with E-state index in [0.717, 1.165) is 60.9 Å². The molecular weight excluding hydrogens is 400 g/mol. The van der Waals surface area contributed by atoms with E-state index in [4.69, 9.17) is 4.74 Å². The number of methoxy groups -OCH3 is 1. The molecule has 2 aromatic carbocycles. The summed E-state index contributed by atoms with van der Waals surface area (Å²) in [4.78, 5) is 17.6. The topological polar surface area (TPSA) is 58.6 Å². The summed E-state index contributed by atoms with van der Waals surface area (Å²) in [5.41, 5.74) is 4.08. The first-order valence-corrected chi connectivity index (χ1v) is 11.3. The van der Waals surface area contributed by atoms with Crippen molar-refractivity contribution in [2.45, 2.75) is 32.2 Å². The lowest BCUT2D eigenvalue weighted by Gasteiger charge is -2.35. The fourth-order valence-corrected chi connectivity index (χ4v) is 4.95. The van der Waals surface area contributed by atoms with Gasteiger partial charge in [-0.25, -0.2) is 0 Å². The first kappa shape index (κ1) is 20.5. The van der Waals surface area contributed by atoms with Crippen molar-refractivity contribution in [1.82, 2.24) is 10.2 Å². The van der Waals surface area contributed by atoms with Gasteiger partial charge in [0.05, 0.1) is 12.8 Å². The molecule has 164 valence electrons.